The van der Waals surface area contributed by atoms with E-state index in [2.05, 4.69) is 10.6 Å². The van der Waals surface area contributed by atoms with E-state index in [0.717, 1.165) is 57.3 Å². The number of benzene rings is 1. The van der Waals surface area contributed by atoms with Gasteiger partial charge in [0.2, 0.25) is 11.8 Å². The fraction of sp³-hybridized carbons (Fsp3) is 0.619. The van der Waals surface area contributed by atoms with E-state index in [-0.39, 0.29) is 35.5 Å². The maximum Gasteiger partial charge on any atom is 0.237 e. The third-order valence-corrected chi connectivity index (χ3v) is 6.18. The molecule has 0 aromatic heterocycles. The molecule has 1 aromatic rings. The number of likely N-dealkylation sites (tertiary alicyclic amines) is 1. The quantitative estimate of drug-likeness (QED) is 0.830. The average Bonchev–Trinajstić information content (AvgIpc) is 3.29. The van der Waals surface area contributed by atoms with Crippen LogP contribution >= 0.6 is 0 Å². The third-order valence-electron chi connectivity index (χ3n) is 6.18. The van der Waals surface area contributed by atoms with Gasteiger partial charge in [-0.15, -0.1) is 0 Å². The third kappa shape index (κ3) is 4.32. The molecule has 3 aliphatic rings. The van der Waals surface area contributed by atoms with Crippen molar-refractivity contribution in [2.45, 2.75) is 44.1 Å². The molecule has 2 aliphatic heterocycles. The SMILES string of the molecule is O=C(NCC1CCCN(C(=O)C2CC2c2ccc(F)cc2)C1)C1CCCN1. The van der Waals surface area contributed by atoms with Crippen LogP contribution in [0.25, 0.3) is 0 Å². The van der Waals surface area contributed by atoms with Gasteiger partial charge in [0.05, 0.1) is 6.04 Å². The normalized spacial score (nSPS) is 30.2. The van der Waals surface area contributed by atoms with Gasteiger partial charge in [-0.1, -0.05) is 12.1 Å². The molecular weight excluding hydrogens is 345 g/mol. The molecular formula is C21H28FN3O2. The number of carbonyl (C=O) groups excluding carboxylic acids is 2. The van der Waals surface area contributed by atoms with Crippen molar-refractivity contribution in [3.63, 3.8) is 0 Å². The first kappa shape index (κ1) is 18.4. The van der Waals surface area contributed by atoms with Gasteiger partial charge >= 0.3 is 0 Å². The minimum absolute atomic E-state index is 0.0338. The molecule has 1 aliphatic carbocycles. The number of rotatable bonds is 5. The highest BCUT2D eigenvalue weighted by molar-refractivity contribution is 5.83. The Morgan fingerprint density at radius 3 is 2.74 bits per heavy atom. The highest BCUT2D eigenvalue weighted by Crippen LogP contribution is 2.48. The predicted octanol–water partition coefficient (Wildman–Crippen LogP) is 2.04. The smallest absolute Gasteiger partial charge is 0.237 e. The maximum atomic E-state index is 13.1. The first-order chi connectivity index (χ1) is 13.1. The number of piperidine rings is 1. The standard InChI is InChI=1S/C21H28FN3O2/c22-16-7-5-15(6-8-16)17-11-18(17)21(27)25-10-2-3-14(13-25)12-24-20(26)19-4-1-9-23-19/h5-8,14,17-19,23H,1-4,9-13H2,(H,24,26). The summed E-state index contributed by atoms with van der Waals surface area (Å²) in [6.07, 6.45) is 4.86. The van der Waals surface area contributed by atoms with Gasteiger partial charge in [-0.2, -0.15) is 0 Å². The molecule has 2 amide bonds. The van der Waals surface area contributed by atoms with E-state index in [9.17, 15) is 14.0 Å². The first-order valence-corrected chi connectivity index (χ1v) is 10.2. The summed E-state index contributed by atoms with van der Waals surface area (Å²) < 4.78 is 13.1. The van der Waals surface area contributed by atoms with E-state index in [1.807, 2.05) is 4.90 Å². The summed E-state index contributed by atoms with van der Waals surface area (Å²) in [5.41, 5.74) is 1.06. The summed E-state index contributed by atoms with van der Waals surface area (Å²) in [6, 6.07) is 6.47. The van der Waals surface area contributed by atoms with Crippen LogP contribution in [0.2, 0.25) is 0 Å². The van der Waals surface area contributed by atoms with Crippen molar-refractivity contribution in [1.29, 1.82) is 0 Å². The zero-order valence-corrected chi connectivity index (χ0v) is 15.6. The Balaban J connectivity index is 1.26. The minimum Gasteiger partial charge on any atom is -0.354 e. The van der Waals surface area contributed by atoms with Crippen molar-refractivity contribution in [2.24, 2.45) is 11.8 Å². The second-order valence-electron chi connectivity index (χ2n) is 8.19. The fourth-order valence-corrected chi connectivity index (χ4v) is 4.49. The zero-order chi connectivity index (χ0) is 18.8. The molecule has 0 spiro atoms. The van der Waals surface area contributed by atoms with Crippen LogP contribution < -0.4 is 10.6 Å². The second kappa shape index (κ2) is 7.97. The summed E-state index contributed by atoms with van der Waals surface area (Å²) in [6.45, 7) is 3.09. The average molecular weight is 373 g/mol. The molecule has 4 atom stereocenters. The second-order valence-corrected chi connectivity index (χ2v) is 8.19. The van der Waals surface area contributed by atoms with E-state index in [1.165, 1.54) is 12.1 Å². The summed E-state index contributed by atoms with van der Waals surface area (Å²) in [7, 11) is 0. The Hall–Kier alpha value is -1.95. The lowest BCUT2D eigenvalue weighted by Crippen LogP contribution is -2.47. The number of nitrogens with one attached hydrogen (secondary N) is 2. The van der Waals surface area contributed by atoms with Crippen molar-refractivity contribution >= 4 is 11.8 Å². The first-order valence-electron chi connectivity index (χ1n) is 10.2. The molecule has 2 N–H and O–H groups in total. The van der Waals surface area contributed by atoms with Crippen LogP contribution in [-0.2, 0) is 9.59 Å². The number of amides is 2. The molecule has 3 fully saturated rings. The monoisotopic (exact) mass is 373 g/mol. The Bertz CT molecular complexity index is 687. The molecule has 1 saturated carbocycles. The topological polar surface area (TPSA) is 61.4 Å². The molecule has 1 aromatic carbocycles. The lowest BCUT2D eigenvalue weighted by Gasteiger charge is -2.33. The Morgan fingerprint density at radius 2 is 2.00 bits per heavy atom. The predicted molar refractivity (Wildman–Crippen MR) is 101 cm³/mol. The number of nitrogens with zero attached hydrogens (tertiary/aromatic N) is 1. The van der Waals surface area contributed by atoms with Gasteiger partial charge < -0.3 is 15.5 Å². The van der Waals surface area contributed by atoms with Crippen LogP contribution in [0, 0.1) is 17.7 Å². The molecule has 6 heteroatoms. The van der Waals surface area contributed by atoms with Gasteiger partial charge in [-0.3, -0.25) is 9.59 Å². The van der Waals surface area contributed by atoms with Gasteiger partial charge in [-0.05, 0) is 68.2 Å². The van der Waals surface area contributed by atoms with E-state index in [1.54, 1.807) is 12.1 Å². The van der Waals surface area contributed by atoms with Crippen LogP contribution in [0.15, 0.2) is 24.3 Å². The Labute approximate surface area is 159 Å². The lowest BCUT2D eigenvalue weighted by molar-refractivity contribution is -0.134. The molecule has 0 radical (unpaired) electrons. The zero-order valence-electron chi connectivity index (χ0n) is 15.6. The number of hydrogen-bond donors (Lipinski definition) is 2. The van der Waals surface area contributed by atoms with Crippen LogP contribution in [0.1, 0.15) is 43.6 Å². The summed E-state index contributed by atoms with van der Waals surface area (Å²) >= 11 is 0. The molecule has 146 valence electrons. The van der Waals surface area contributed by atoms with Crippen LogP contribution in [0.3, 0.4) is 0 Å². The maximum absolute atomic E-state index is 13.1. The van der Waals surface area contributed by atoms with Crippen molar-refractivity contribution in [3.8, 4) is 0 Å². The number of halogens is 1. The highest BCUT2D eigenvalue weighted by Gasteiger charge is 2.46. The highest BCUT2D eigenvalue weighted by atomic mass is 19.1. The molecule has 27 heavy (non-hydrogen) atoms. The van der Waals surface area contributed by atoms with E-state index in [0.29, 0.717) is 12.5 Å². The minimum atomic E-state index is -0.240. The molecule has 4 rings (SSSR count). The van der Waals surface area contributed by atoms with Gasteiger partial charge in [0.25, 0.3) is 0 Å². The van der Waals surface area contributed by atoms with Crippen LogP contribution in [0.4, 0.5) is 4.39 Å². The van der Waals surface area contributed by atoms with Crippen molar-refractivity contribution in [2.75, 3.05) is 26.2 Å². The van der Waals surface area contributed by atoms with E-state index < -0.39 is 0 Å². The van der Waals surface area contributed by atoms with Gasteiger partial charge in [-0.25, -0.2) is 4.39 Å². The largest absolute Gasteiger partial charge is 0.354 e. The number of carbonyl (C=O) groups is 2. The lowest BCUT2D eigenvalue weighted by atomic mass is 9.97. The molecule has 0 bridgehead atoms. The summed E-state index contributed by atoms with van der Waals surface area (Å²) in [4.78, 5) is 27.0. The number of hydrogen-bond acceptors (Lipinski definition) is 3. The molecule has 2 heterocycles. The van der Waals surface area contributed by atoms with E-state index in [4.69, 9.17) is 0 Å². The van der Waals surface area contributed by atoms with Gasteiger partial charge in [0.15, 0.2) is 0 Å². The molecule has 4 unspecified atom stereocenters. The fourth-order valence-electron chi connectivity index (χ4n) is 4.49. The van der Waals surface area contributed by atoms with Crippen molar-refractivity contribution < 1.29 is 14.0 Å². The van der Waals surface area contributed by atoms with Crippen LogP contribution in [0.5, 0.6) is 0 Å². The Kier molecular flexibility index (Phi) is 5.43. The van der Waals surface area contributed by atoms with Gasteiger partial charge in [0.1, 0.15) is 5.82 Å². The van der Waals surface area contributed by atoms with Crippen molar-refractivity contribution in [3.05, 3.63) is 35.6 Å². The molecule has 2 saturated heterocycles. The molecule has 5 nitrogen and oxygen atoms in total. The summed E-state index contributed by atoms with van der Waals surface area (Å²) in [5, 5.41) is 6.28. The van der Waals surface area contributed by atoms with E-state index >= 15 is 0 Å². The Morgan fingerprint density at radius 1 is 1.19 bits per heavy atom. The van der Waals surface area contributed by atoms with Gasteiger partial charge in [0, 0.05) is 25.6 Å². The van der Waals surface area contributed by atoms with Crippen LogP contribution in [-0.4, -0.2) is 48.9 Å². The van der Waals surface area contributed by atoms with Crippen molar-refractivity contribution in [1.82, 2.24) is 15.5 Å². The summed E-state index contributed by atoms with van der Waals surface area (Å²) in [5.74, 6) is 0.664.